The molecule has 2 amide bonds. The molecule has 6 heteroatoms. The Morgan fingerprint density at radius 1 is 0.929 bits per heavy atom. The smallest absolute Gasteiger partial charge is 0.242 e. The Morgan fingerprint density at radius 3 is 2.39 bits per heavy atom. The maximum Gasteiger partial charge on any atom is 0.242 e. The Morgan fingerprint density at radius 2 is 1.64 bits per heavy atom. The quantitative estimate of drug-likeness (QED) is 0.821. The number of aryl methyl sites for hydroxylation is 1. The molecule has 2 aliphatic rings. The van der Waals surface area contributed by atoms with Gasteiger partial charge in [0.1, 0.15) is 12.4 Å². The molecule has 1 saturated heterocycles. The average molecular weight is 381 g/mol. The molecule has 1 fully saturated rings. The Balaban J connectivity index is 1.40. The normalized spacial score (nSPS) is 17.3. The minimum Gasteiger partial charge on any atom is -0.368 e. The lowest BCUT2D eigenvalue weighted by molar-refractivity contribution is -0.131. The summed E-state index contributed by atoms with van der Waals surface area (Å²) in [5, 5.41) is 0. The van der Waals surface area contributed by atoms with Crippen LogP contribution >= 0.6 is 0 Å². The van der Waals surface area contributed by atoms with Crippen molar-refractivity contribution >= 4 is 23.2 Å². The Hall–Kier alpha value is -2.89. The topological polar surface area (TPSA) is 43.9 Å². The summed E-state index contributed by atoms with van der Waals surface area (Å²) in [7, 11) is 0. The molecule has 5 nitrogen and oxygen atoms in total. The number of hydrogen-bond acceptors (Lipinski definition) is 3. The highest BCUT2D eigenvalue weighted by Gasteiger charge is 2.27. The van der Waals surface area contributed by atoms with Crippen LogP contribution in [-0.2, 0) is 16.0 Å². The number of carbonyl (C=O) groups excluding carboxylic acids is 2. The fraction of sp³-hybridized carbons (Fsp3) is 0.364. The standard InChI is InChI=1S/C22H24FN3O2/c23-18-8-10-19(11-9-18)24-12-14-25(15-13-24)22(28)16-26-20-6-2-1-4-17(20)5-3-7-21(26)27/h1-2,4,6,8-11H,3,5,7,12-16H2. The van der Waals surface area contributed by atoms with E-state index >= 15 is 0 Å². The zero-order chi connectivity index (χ0) is 19.5. The summed E-state index contributed by atoms with van der Waals surface area (Å²) >= 11 is 0. The monoisotopic (exact) mass is 381 g/mol. The van der Waals surface area contributed by atoms with E-state index in [1.165, 1.54) is 12.1 Å². The van der Waals surface area contributed by atoms with Crippen molar-refractivity contribution in [1.82, 2.24) is 4.90 Å². The van der Waals surface area contributed by atoms with Crippen LogP contribution in [0, 0.1) is 5.82 Å². The molecule has 0 unspecified atom stereocenters. The van der Waals surface area contributed by atoms with E-state index < -0.39 is 0 Å². The molecule has 2 aromatic carbocycles. The molecule has 0 saturated carbocycles. The molecule has 146 valence electrons. The summed E-state index contributed by atoms with van der Waals surface area (Å²) in [6.07, 6.45) is 2.15. The molecular formula is C22H24FN3O2. The highest BCUT2D eigenvalue weighted by atomic mass is 19.1. The Labute approximate surface area is 164 Å². The number of carbonyl (C=O) groups is 2. The number of hydrogen-bond donors (Lipinski definition) is 0. The second-order valence-corrected chi connectivity index (χ2v) is 7.31. The van der Waals surface area contributed by atoms with Gasteiger partial charge < -0.3 is 14.7 Å². The van der Waals surface area contributed by atoms with Gasteiger partial charge in [-0.1, -0.05) is 18.2 Å². The van der Waals surface area contributed by atoms with Gasteiger partial charge in [-0.2, -0.15) is 0 Å². The summed E-state index contributed by atoms with van der Waals surface area (Å²) in [5.74, 6) is -0.257. The molecular weight excluding hydrogens is 357 g/mol. The van der Waals surface area contributed by atoms with Crippen molar-refractivity contribution in [3.8, 4) is 0 Å². The van der Waals surface area contributed by atoms with Crippen molar-refractivity contribution in [3.63, 3.8) is 0 Å². The molecule has 0 atom stereocenters. The Bertz CT molecular complexity index is 860. The van der Waals surface area contributed by atoms with E-state index in [1.807, 2.05) is 29.2 Å². The van der Waals surface area contributed by atoms with Crippen LogP contribution in [-0.4, -0.2) is 49.4 Å². The maximum absolute atomic E-state index is 13.1. The molecule has 2 aliphatic heterocycles. The fourth-order valence-corrected chi connectivity index (χ4v) is 3.96. The number of fused-ring (bicyclic) bond motifs is 1. The number of piperazine rings is 1. The van der Waals surface area contributed by atoms with E-state index in [4.69, 9.17) is 0 Å². The highest BCUT2D eigenvalue weighted by molar-refractivity contribution is 5.99. The molecule has 0 N–H and O–H groups in total. The van der Waals surface area contributed by atoms with Gasteiger partial charge >= 0.3 is 0 Å². The summed E-state index contributed by atoms with van der Waals surface area (Å²) < 4.78 is 13.1. The first kappa shape index (κ1) is 18.5. The van der Waals surface area contributed by atoms with Crippen LogP contribution in [0.2, 0.25) is 0 Å². The van der Waals surface area contributed by atoms with Gasteiger partial charge in [-0.25, -0.2) is 4.39 Å². The lowest BCUT2D eigenvalue weighted by Crippen LogP contribution is -2.52. The maximum atomic E-state index is 13.1. The van der Waals surface area contributed by atoms with Gasteiger partial charge in [0.05, 0.1) is 0 Å². The molecule has 2 heterocycles. The van der Waals surface area contributed by atoms with Crippen molar-refractivity contribution in [2.24, 2.45) is 0 Å². The second kappa shape index (κ2) is 8.00. The molecule has 28 heavy (non-hydrogen) atoms. The first-order valence-electron chi connectivity index (χ1n) is 9.78. The van der Waals surface area contributed by atoms with Crippen molar-refractivity contribution in [2.75, 3.05) is 42.5 Å². The SMILES string of the molecule is O=C(CN1C(=O)CCCc2ccccc21)N1CCN(c2ccc(F)cc2)CC1. The Kier molecular flexibility index (Phi) is 5.28. The van der Waals surface area contributed by atoms with E-state index in [-0.39, 0.29) is 24.2 Å². The highest BCUT2D eigenvalue weighted by Crippen LogP contribution is 2.27. The van der Waals surface area contributed by atoms with Gasteiger partial charge in [0, 0.05) is 44.0 Å². The van der Waals surface area contributed by atoms with Crippen molar-refractivity contribution < 1.29 is 14.0 Å². The van der Waals surface area contributed by atoms with Crippen LogP contribution in [0.15, 0.2) is 48.5 Å². The zero-order valence-electron chi connectivity index (χ0n) is 15.8. The van der Waals surface area contributed by atoms with Crippen molar-refractivity contribution in [3.05, 3.63) is 59.9 Å². The van der Waals surface area contributed by atoms with E-state index in [0.717, 1.165) is 29.8 Å². The number of benzene rings is 2. The van der Waals surface area contributed by atoms with Crippen LogP contribution in [0.25, 0.3) is 0 Å². The predicted octanol–water partition coefficient (Wildman–Crippen LogP) is 2.84. The number of rotatable bonds is 3. The molecule has 0 radical (unpaired) electrons. The van der Waals surface area contributed by atoms with E-state index in [9.17, 15) is 14.0 Å². The van der Waals surface area contributed by atoms with Crippen molar-refractivity contribution in [2.45, 2.75) is 19.3 Å². The molecule has 0 aromatic heterocycles. The van der Waals surface area contributed by atoms with Crippen molar-refractivity contribution in [1.29, 1.82) is 0 Å². The third-order valence-corrected chi connectivity index (χ3v) is 5.54. The predicted molar refractivity (Wildman–Crippen MR) is 107 cm³/mol. The summed E-state index contributed by atoms with van der Waals surface area (Å²) in [6.45, 7) is 2.68. The summed E-state index contributed by atoms with van der Waals surface area (Å²) in [4.78, 5) is 31.1. The first-order valence-corrected chi connectivity index (χ1v) is 9.78. The third-order valence-electron chi connectivity index (χ3n) is 5.54. The number of amides is 2. The molecule has 0 spiro atoms. The van der Waals surface area contributed by atoms with E-state index in [1.54, 1.807) is 17.0 Å². The number of halogens is 1. The summed E-state index contributed by atoms with van der Waals surface area (Å²) in [5.41, 5.74) is 2.95. The van der Waals surface area contributed by atoms with Crippen LogP contribution < -0.4 is 9.80 Å². The van der Waals surface area contributed by atoms with Gasteiger partial charge in [-0.05, 0) is 48.7 Å². The molecule has 4 rings (SSSR count). The molecule has 2 aromatic rings. The molecule has 0 aliphatic carbocycles. The van der Waals surface area contributed by atoms with Gasteiger partial charge in [0.15, 0.2) is 0 Å². The summed E-state index contributed by atoms with van der Waals surface area (Å²) in [6, 6.07) is 14.3. The second-order valence-electron chi connectivity index (χ2n) is 7.31. The fourth-order valence-electron chi connectivity index (χ4n) is 3.96. The van der Waals surface area contributed by atoms with Gasteiger partial charge in [0.2, 0.25) is 11.8 Å². The van der Waals surface area contributed by atoms with Gasteiger partial charge in [0.25, 0.3) is 0 Å². The largest absolute Gasteiger partial charge is 0.368 e. The average Bonchev–Trinajstić information content (AvgIpc) is 2.88. The molecule has 0 bridgehead atoms. The third kappa shape index (κ3) is 3.86. The van der Waals surface area contributed by atoms with E-state index in [0.29, 0.717) is 32.6 Å². The zero-order valence-corrected chi connectivity index (χ0v) is 15.8. The lowest BCUT2D eigenvalue weighted by atomic mass is 10.1. The van der Waals surface area contributed by atoms with E-state index in [2.05, 4.69) is 4.90 Å². The first-order chi connectivity index (χ1) is 13.6. The number of para-hydroxylation sites is 1. The van der Waals surface area contributed by atoms with Crippen LogP contribution in [0.5, 0.6) is 0 Å². The van der Waals surface area contributed by atoms with Gasteiger partial charge in [-0.3, -0.25) is 9.59 Å². The van der Waals surface area contributed by atoms with Gasteiger partial charge in [-0.15, -0.1) is 0 Å². The van der Waals surface area contributed by atoms with Crippen LogP contribution in [0.1, 0.15) is 18.4 Å². The van der Waals surface area contributed by atoms with Crippen LogP contribution in [0.4, 0.5) is 15.8 Å². The number of nitrogens with zero attached hydrogens (tertiary/aromatic N) is 3. The lowest BCUT2D eigenvalue weighted by Gasteiger charge is -2.37. The minimum atomic E-state index is -0.250. The minimum absolute atomic E-state index is 0.0169. The van der Waals surface area contributed by atoms with Crippen LogP contribution in [0.3, 0.4) is 0 Å². The number of anilines is 2.